The fourth-order valence-electron chi connectivity index (χ4n) is 2.39. The molecule has 1 amide bonds. The van der Waals surface area contributed by atoms with E-state index in [4.69, 9.17) is 16.3 Å². The molecular formula is C15H21Cl2FN2O2. The number of rotatable bonds is 6. The molecule has 2 rings (SSSR count). The Hall–Kier alpha value is -0.880. The number of hydrogen-bond acceptors (Lipinski definition) is 3. The van der Waals surface area contributed by atoms with Gasteiger partial charge in [0.25, 0.3) is 0 Å². The van der Waals surface area contributed by atoms with Gasteiger partial charge in [0.05, 0.1) is 19.3 Å². The molecular weight excluding hydrogens is 330 g/mol. The average Bonchev–Trinajstić information content (AvgIpc) is 2.53. The quantitative estimate of drug-likeness (QED) is 0.800. The monoisotopic (exact) mass is 350 g/mol. The summed E-state index contributed by atoms with van der Waals surface area (Å²) in [5.74, 6) is -0.572. The molecule has 0 bridgehead atoms. The van der Waals surface area contributed by atoms with E-state index in [1.807, 2.05) is 0 Å². The molecule has 4 nitrogen and oxygen atoms in total. The van der Waals surface area contributed by atoms with E-state index in [-0.39, 0.29) is 36.1 Å². The van der Waals surface area contributed by atoms with Gasteiger partial charge in [-0.05, 0) is 24.1 Å². The maximum atomic E-state index is 13.0. The minimum absolute atomic E-state index is 0. The van der Waals surface area contributed by atoms with Gasteiger partial charge in [-0.2, -0.15) is 0 Å². The highest BCUT2D eigenvalue weighted by Crippen LogP contribution is 2.18. The van der Waals surface area contributed by atoms with Crippen LogP contribution in [0.3, 0.4) is 0 Å². The standard InChI is InChI=1S/C15H20ClFN2O2.ClH/c16-11-15(20)18-14(12-1-3-13(17)4-2-12)5-6-19-7-9-21-10-8-19;/h1-4,14H,5-11H2,(H,18,20);1H. The topological polar surface area (TPSA) is 41.6 Å². The van der Waals surface area contributed by atoms with Gasteiger partial charge in [0.15, 0.2) is 0 Å². The van der Waals surface area contributed by atoms with Crippen LogP contribution in [0.25, 0.3) is 0 Å². The minimum atomic E-state index is -0.283. The lowest BCUT2D eigenvalue weighted by atomic mass is 10.0. The number of carbonyl (C=O) groups is 1. The SMILES string of the molecule is Cl.O=C(CCl)NC(CCN1CCOCC1)c1ccc(F)cc1. The molecule has 0 saturated carbocycles. The Balaban J connectivity index is 0.00000242. The summed E-state index contributed by atoms with van der Waals surface area (Å²) in [5.41, 5.74) is 0.892. The molecule has 0 radical (unpaired) electrons. The van der Waals surface area contributed by atoms with Crippen LogP contribution in [0.2, 0.25) is 0 Å². The Labute approximate surface area is 141 Å². The average molecular weight is 351 g/mol. The highest BCUT2D eigenvalue weighted by molar-refractivity contribution is 6.27. The van der Waals surface area contributed by atoms with E-state index < -0.39 is 0 Å². The highest BCUT2D eigenvalue weighted by Gasteiger charge is 2.17. The second-order valence-electron chi connectivity index (χ2n) is 5.05. The van der Waals surface area contributed by atoms with Crippen LogP contribution in [0, 0.1) is 5.82 Å². The van der Waals surface area contributed by atoms with Crippen molar-refractivity contribution in [3.8, 4) is 0 Å². The second-order valence-corrected chi connectivity index (χ2v) is 5.32. The third kappa shape index (κ3) is 6.08. The van der Waals surface area contributed by atoms with E-state index in [0.29, 0.717) is 0 Å². The summed E-state index contributed by atoms with van der Waals surface area (Å²) in [6.45, 7) is 4.15. The predicted octanol–water partition coefficient (Wildman–Crippen LogP) is 2.37. The summed E-state index contributed by atoms with van der Waals surface area (Å²) in [5, 5.41) is 2.89. The number of carbonyl (C=O) groups excluding carboxylic acids is 1. The lowest BCUT2D eigenvalue weighted by Gasteiger charge is -2.28. The van der Waals surface area contributed by atoms with E-state index in [9.17, 15) is 9.18 Å². The van der Waals surface area contributed by atoms with Crippen molar-refractivity contribution in [2.24, 2.45) is 0 Å². The van der Waals surface area contributed by atoms with E-state index in [2.05, 4.69) is 10.2 Å². The molecule has 1 fully saturated rings. The summed E-state index contributed by atoms with van der Waals surface area (Å²) in [4.78, 5) is 13.9. The van der Waals surface area contributed by atoms with E-state index in [0.717, 1.165) is 44.8 Å². The van der Waals surface area contributed by atoms with Crippen LogP contribution in [0.4, 0.5) is 4.39 Å². The fourth-order valence-corrected chi connectivity index (χ4v) is 2.46. The Morgan fingerprint density at radius 2 is 1.95 bits per heavy atom. The molecule has 1 N–H and O–H groups in total. The Kier molecular flexibility index (Phi) is 8.71. The van der Waals surface area contributed by atoms with Crippen LogP contribution in [0.1, 0.15) is 18.0 Å². The molecule has 1 saturated heterocycles. The van der Waals surface area contributed by atoms with Gasteiger partial charge >= 0.3 is 0 Å². The number of ether oxygens (including phenoxy) is 1. The van der Waals surface area contributed by atoms with E-state index in [1.165, 1.54) is 12.1 Å². The number of nitrogens with one attached hydrogen (secondary N) is 1. The Morgan fingerprint density at radius 3 is 2.55 bits per heavy atom. The molecule has 1 unspecified atom stereocenters. The van der Waals surface area contributed by atoms with Crippen LogP contribution in [-0.2, 0) is 9.53 Å². The van der Waals surface area contributed by atoms with Crippen LogP contribution in [-0.4, -0.2) is 49.5 Å². The number of benzene rings is 1. The fraction of sp³-hybridized carbons (Fsp3) is 0.533. The molecule has 1 heterocycles. The van der Waals surface area contributed by atoms with Crippen molar-refractivity contribution < 1.29 is 13.9 Å². The van der Waals surface area contributed by atoms with Crippen LogP contribution in [0.15, 0.2) is 24.3 Å². The smallest absolute Gasteiger partial charge is 0.235 e. The van der Waals surface area contributed by atoms with E-state index >= 15 is 0 Å². The molecule has 1 aliphatic rings. The van der Waals surface area contributed by atoms with Gasteiger partial charge in [0.2, 0.25) is 5.91 Å². The first kappa shape index (κ1) is 19.2. The largest absolute Gasteiger partial charge is 0.379 e. The zero-order chi connectivity index (χ0) is 15.1. The van der Waals surface area contributed by atoms with Crippen LogP contribution < -0.4 is 5.32 Å². The summed E-state index contributed by atoms with van der Waals surface area (Å²) in [6, 6.07) is 6.06. The number of hydrogen-bond donors (Lipinski definition) is 1. The Morgan fingerprint density at radius 1 is 1.32 bits per heavy atom. The summed E-state index contributed by atoms with van der Waals surface area (Å²) in [7, 11) is 0. The number of alkyl halides is 1. The maximum absolute atomic E-state index is 13.0. The third-order valence-corrected chi connectivity index (χ3v) is 3.81. The highest BCUT2D eigenvalue weighted by atomic mass is 35.5. The molecule has 1 aliphatic heterocycles. The van der Waals surface area contributed by atoms with Gasteiger partial charge in [-0.25, -0.2) is 4.39 Å². The molecule has 1 atom stereocenters. The first-order valence-electron chi connectivity index (χ1n) is 7.10. The number of amides is 1. The van der Waals surface area contributed by atoms with Crippen molar-refractivity contribution in [3.05, 3.63) is 35.6 Å². The summed E-state index contributed by atoms with van der Waals surface area (Å²) < 4.78 is 18.3. The number of halogens is 3. The first-order chi connectivity index (χ1) is 10.2. The maximum Gasteiger partial charge on any atom is 0.235 e. The number of nitrogens with zero attached hydrogens (tertiary/aromatic N) is 1. The third-order valence-electron chi connectivity index (χ3n) is 3.57. The van der Waals surface area contributed by atoms with Crippen molar-refractivity contribution in [3.63, 3.8) is 0 Å². The van der Waals surface area contributed by atoms with E-state index in [1.54, 1.807) is 12.1 Å². The zero-order valence-corrected chi connectivity index (χ0v) is 13.8. The first-order valence-corrected chi connectivity index (χ1v) is 7.63. The second kappa shape index (κ2) is 10.0. The minimum Gasteiger partial charge on any atom is -0.379 e. The van der Waals surface area contributed by atoms with Crippen molar-refractivity contribution in [1.29, 1.82) is 0 Å². The van der Waals surface area contributed by atoms with Crippen molar-refractivity contribution in [1.82, 2.24) is 10.2 Å². The molecule has 1 aromatic rings. The molecule has 1 aromatic carbocycles. The normalized spacial score (nSPS) is 16.6. The van der Waals surface area contributed by atoms with Gasteiger partial charge in [0.1, 0.15) is 11.7 Å². The lowest BCUT2D eigenvalue weighted by Crippen LogP contribution is -2.39. The molecule has 0 aromatic heterocycles. The molecule has 7 heteroatoms. The predicted molar refractivity (Wildman–Crippen MR) is 87.1 cm³/mol. The van der Waals surface area contributed by atoms with Gasteiger partial charge in [-0.1, -0.05) is 12.1 Å². The van der Waals surface area contributed by atoms with Crippen molar-refractivity contribution in [2.75, 3.05) is 38.7 Å². The molecule has 124 valence electrons. The van der Waals surface area contributed by atoms with Gasteiger partial charge in [-0.15, -0.1) is 24.0 Å². The zero-order valence-electron chi connectivity index (χ0n) is 12.3. The number of morpholine rings is 1. The Bertz CT molecular complexity index is 453. The molecule has 0 spiro atoms. The molecule has 22 heavy (non-hydrogen) atoms. The van der Waals surface area contributed by atoms with Crippen LogP contribution >= 0.6 is 24.0 Å². The lowest BCUT2D eigenvalue weighted by molar-refractivity contribution is -0.119. The summed E-state index contributed by atoms with van der Waals surface area (Å²) >= 11 is 5.56. The summed E-state index contributed by atoms with van der Waals surface area (Å²) in [6.07, 6.45) is 0.758. The molecule has 0 aliphatic carbocycles. The van der Waals surface area contributed by atoms with Crippen LogP contribution in [0.5, 0.6) is 0 Å². The van der Waals surface area contributed by atoms with Crippen molar-refractivity contribution in [2.45, 2.75) is 12.5 Å². The van der Waals surface area contributed by atoms with Crippen molar-refractivity contribution >= 4 is 29.9 Å². The van der Waals surface area contributed by atoms with Gasteiger partial charge in [-0.3, -0.25) is 9.69 Å². The van der Waals surface area contributed by atoms with Gasteiger partial charge in [0, 0.05) is 19.6 Å². The van der Waals surface area contributed by atoms with Gasteiger partial charge < -0.3 is 10.1 Å².